The van der Waals surface area contributed by atoms with Gasteiger partial charge in [0.1, 0.15) is 0 Å². The third-order valence-corrected chi connectivity index (χ3v) is 4.40. The molecule has 0 aromatic rings. The van der Waals surface area contributed by atoms with Crippen molar-refractivity contribution in [3.05, 3.63) is 0 Å². The van der Waals surface area contributed by atoms with Gasteiger partial charge in [0.2, 0.25) is 10.0 Å². The Morgan fingerprint density at radius 2 is 2.14 bits per heavy atom. The summed E-state index contributed by atoms with van der Waals surface area (Å²) in [6.45, 7) is 3.01. The first-order chi connectivity index (χ1) is 6.10. The molecule has 0 saturated carbocycles. The number of nitrogens with zero attached hydrogens (tertiary/aromatic N) is 1. The van der Waals surface area contributed by atoms with Gasteiger partial charge in [0.05, 0.1) is 5.75 Å². The number of likely N-dealkylation sites (N-methyl/N-ethyl adjacent to an activating group) is 1. The molecule has 86 valence electrons. The summed E-state index contributed by atoms with van der Waals surface area (Å²) >= 11 is 0. The molecule has 1 saturated heterocycles. The van der Waals surface area contributed by atoms with Crippen molar-refractivity contribution in [2.45, 2.75) is 25.8 Å². The fourth-order valence-corrected chi connectivity index (χ4v) is 2.79. The molecular formula is C8H19ClN2O2S. The largest absolute Gasteiger partial charge is 0.316 e. The van der Waals surface area contributed by atoms with Gasteiger partial charge in [-0.1, -0.05) is 0 Å². The highest BCUT2D eigenvalue weighted by Crippen LogP contribution is 2.13. The minimum atomic E-state index is -2.97. The Bertz CT molecular complexity index is 256. The molecule has 1 aliphatic rings. The van der Waals surface area contributed by atoms with Crippen LogP contribution in [0.5, 0.6) is 0 Å². The lowest BCUT2D eigenvalue weighted by molar-refractivity contribution is 0.293. The third-order valence-electron chi connectivity index (χ3n) is 2.55. The molecule has 14 heavy (non-hydrogen) atoms. The van der Waals surface area contributed by atoms with E-state index in [9.17, 15) is 8.42 Å². The Kier molecular flexibility index (Phi) is 5.97. The fourth-order valence-electron chi connectivity index (χ4n) is 1.61. The second kappa shape index (κ2) is 5.90. The van der Waals surface area contributed by atoms with Crippen molar-refractivity contribution in [1.29, 1.82) is 0 Å². The summed E-state index contributed by atoms with van der Waals surface area (Å²) in [5.74, 6) is 0.212. The van der Waals surface area contributed by atoms with Crippen molar-refractivity contribution in [3.8, 4) is 0 Å². The second-order valence-corrected chi connectivity index (χ2v) is 5.64. The first-order valence-corrected chi connectivity index (χ1v) is 6.36. The smallest absolute Gasteiger partial charge is 0.213 e. The third kappa shape index (κ3) is 3.38. The lowest BCUT2D eigenvalue weighted by atomic mass is 10.1. The average Bonchev–Trinajstić information content (AvgIpc) is 2.18. The van der Waals surface area contributed by atoms with Crippen LogP contribution in [0, 0.1) is 0 Å². The zero-order valence-electron chi connectivity index (χ0n) is 8.69. The molecule has 0 spiro atoms. The molecule has 0 unspecified atom stereocenters. The van der Waals surface area contributed by atoms with Crippen molar-refractivity contribution in [2.75, 3.05) is 25.9 Å². The van der Waals surface area contributed by atoms with Gasteiger partial charge in [-0.3, -0.25) is 0 Å². The minimum absolute atomic E-state index is 0. The maximum Gasteiger partial charge on any atom is 0.213 e. The van der Waals surface area contributed by atoms with Crippen LogP contribution >= 0.6 is 12.4 Å². The Labute approximate surface area is 92.5 Å². The number of nitrogens with one attached hydrogen (secondary N) is 1. The van der Waals surface area contributed by atoms with Gasteiger partial charge in [-0.25, -0.2) is 12.7 Å². The maximum atomic E-state index is 11.5. The van der Waals surface area contributed by atoms with Crippen molar-refractivity contribution in [2.24, 2.45) is 0 Å². The Morgan fingerprint density at radius 3 is 2.64 bits per heavy atom. The number of halogens is 1. The predicted molar refractivity (Wildman–Crippen MR) is 60.4 cm³/mol. The van der Waals surface area contributed by atoms with Gasteiger partial charge in [0, 0.05) is 19.1 Å². The Morgan fingerprint density at radius 1 is 1.50 bits per heavy atom. The molecule has 6 heteroatoms. The Balaban J connectivity index is 0.00000169. The number of piperidine rings is 1. The first kappa shape index (κ1) is 14.2. The van der Waals surface area contributed by atoms with E-state index in [0.29, 0.717) is 19.1 Å². The molecule has 0 aliphatic carbocycles. The standard InChI is InChI=1S/C8H18N2O2S.ClH/c1-3-13(11,12)10-6-4-5-8(7-10)9-2;/h8-9H,3-7H2,1-2H3;1H/t8-;/m0./s1. The van der Waals surface area contributed by atoms with Crippen LogP contribution in [0.4, 0.5) is 0 Å². The van der Waals surface area contributed by atoms with Crippen LogP contribution in [-0.4, -0.2) is 44.7 Å². The van der Waals surface area contributed by atoms with Gasteiger partial charge in [-0.05, 0) is 26.8 Å². The fraction of sp³-hybridized carbons (Fsp3) is 1.00. The summed E-state index contributed by atoms with van der Waals surface area (Å²) in [6.07, 6.45) is 2.04. The van der Waals surface area contributed by atoms with Crippen LogP contribution in [0.25, 0.3) is 0 Å². The van der Waals surface area contributed by atoms with E-state index in [1.165, 1.54) is 0 Å². The van der Waals surface area contributed by atoms with Gasteiger partial charge >= 0.3 is 0 Å². The first-order valence-electron chi connectivity index (χ1n) is 4.75. The number of sulfonamides is 1. The summed E-state index contributed by atoms with van der Waals surface area (Å²) in [5.41, 5.74) is 0. The summed E-state index contributed by atoms with van der Waals surface area (Å²) in [4.78, 5) is 0. The molecule has 0 aromatic heterocycles. The summed E-state index contributed by atoms with van der Waals surface area (Å²) < 4.78 is 24.6. The predicted octanol–water partition coefficient (Wildman–Crippen LogP) is 0.442. The van der Waals surface area contributed by atoms with E-state index >= 15 is 0 Å². The van der Waals surface area contributed by atoms with E-state index in [-0.39, 0.29) is 18.2 Å². The summed E-state index contributed by atoms with van der Waals surface area (Å²) in [5, 5.41) is 3.12. The van der Waals surface area contributed by atoms with Crippen LogP contribution < -0.4 is 5.32 Å². The second-order valence-electron chi connectivity index (χ2n) is 3.39. The number of rotatable bonds is 3. The van der Waals surface area contributed by atoms with Crippen molar-refractivity contribution in [3.63, 3.8) is 0 Å². The molecule has 0 aromatic carbocycles. The molecule has 4 nitrogen and oxygen atoms in total. The molecule has 1 rings (SSSR count). The van der Waals surface area contributed by atoms with Gasteiger partial charge in [0.15, 0.2) is 0 Å². The lowest BCUT2D eigenvalue weighted by Gasteiger charge is -2.31. The van der Waals surface area contributed by atoms with Gasteiger partial charge in [0.25, 0.3) is 0 Å². The zero-order chi connectivity index (χ0) is 9.90. The van der Waals surface area contributed by atoms with Crippen LogP contribution in [0.3, 0.4) is 0 Å². The van der Waals surface area contributed by atoms with Crippen molar-refractivity contribution in [1.82, 2.24) is 9.62 Å². The average molecular weight is 243 g/mol. The molecule has 1 heterocycles. The zero-order valence-corrected chi connectivity index (χ0v) is 10.3. The molecule has 1 fully saturated rings. The minimum Gasteiger partial charge on any atom is -0.316 e. The van der Waals surface area contributed by atoms with Crippen LogP contribution in [0.2, 0.25) is 0 Å². The highest BCUT2D eigenvalue weighted by atomic mass is 35.5. The van der Waals surface area contributed by atoms with Crippen LogP contribution in [-0.2, 0) is 10.0 Å². The molecule has 1 aliphatic heterocycles. The monoisotopic (exact) mass is 242 g/mol. The topological polar surface area (TPSA) is 49.4 Å². The normalized spacial score (nSPS) is 24.3. The molecule has 0 bridgehead atoms. The Hall–Kier alpha value is 0.160. The van der Waals surface area contributed by atoms with E-state index < -0.39 is 10.0 Å². The van der Waals surface area contributed by atoms with E-state index in [0.717, 1.165) is 12.8 Å². The summed E-state index contributed by atoms with van der Waals surface area (Å²) in [6, 6.07) is 0.329. The van der Waals surface area contributed by atoms with Crippen LogP contribution in [0.15, 0.2) is 0 Å². The van der Waals surface area contributed by atoms with Gasteiger partial charge < -0.3 is 5.32 Å². The molecule has 0 amide bonds. The molecule has 1 N–H and O–H groups in total. The molecule has 1 atom stereocenters. The van der Waals surface area contributed by atoms with Crippen molar-refractivity contribution < 1.29 is 8.42 Å². The van der Waals surface area contributed by atoms with Gasteiger partial charge in [-0.15, -0.1) is 12.4 Å². The van der Waals surface area contributed by atoms with E-state index in [1.807, 2.05) is 7.05 Å². The number of hydrogen-bond donors (Lipinski definition) is 1. The lowest BCUT2D eigenvalue weighted by Crippen LogP contribution is -2.47. The van der Waals surface area contributed by atoms with Crippen molar-refractivity contribution >= 4 is 22.4 Å². The highest BCUT2D eigenvalue weighted by Gasteiger charge is 2.26. The highest BCUT2D eigenvalue weighted by molar-refractivity contribution is 7.89. The van der Waals surface area contributed by atoms with E-state index in [4.69, 9.17) is 0 Å². The quantitative estimate of drug-likeness (QED) is 0.782. The van der Waals surface area contributed by atoms with Crippen LogP contribution in [0.1, 0.15) is 19.8 Å². The van der Waals surface area contributed by atoms with Gasteiger partial charge in [-0.2, -0.15) is 0 Å². The summed E-state index contributed by atoms with van der Waals surface area (Å²) in [7, 11) is -1.09. The van der Waals surface area contributed by atoms with E-state index in [2.05, 4.69) is 5.32 Å². The molecular weight excluding hydrogens is 224 g/mol. The maximum absolute atomic E-state index is 11.5. The molecule has 0 radical (unpaired) electrons. The SMILES string of the molecule is CCS(=O)(=O)N1CCC[C@H](NC)C1.Cl. The number of hydrogen-bond acceptors (Lipinski definition) is 3. The van der Waals surface area contributed by atoms with E-state index in [1.54, 1.807) is 11.2 Å².